The predicted octanol–water partition coefficient (Wildman–Crippen LogP) is 3.26. The summed E-state index contributed by atoms with van der Waals surface area (Å²) in [7, 11) is 0. The zero-order chi connectivity index (χ0) is 9.23. The van der Waals surface area contributed by atoms with Crippen molar-refractivity contribution in [1.29, 1.82) is 0 Å². The average Bonchev–Trinajstić information content (AvgIpc) is 2.02. The van der Waals surface area contributed by atoms with Gasteiger partial charge in [-0.3, -0.25) is 4.79 Å². The quantitative estimate of drug-likeness (QED) is 0.420. The van der Waals surface area contributed by atoms with Crippen molar-refractivity contribution in [1.82, 2.24) is 0 Å². The lowest BCUT2D eigenvalue weighted by Crippen LogP contribution is -1.86. The fourth-order valence-electron chi connectivity index (χ4n) is 1.12. The summed E-state index contributed by atoms with van der Waals surface area (Å²) in [6.45, 7) is 4.50. The SMILES string of the molecule is CC(C)CCCCC/C=C/[C]=O. The number of allylic oxidation sites excluding steroid dienone is 2. The molecule has 0 spiro atoms. The van der Waals surface area contributed by atoms with Gasteiger partial charge in [-0.1, -0.05) is 39.2 Å². The van der Waals surface area contributed by atoms with E-state index in [0.717, 1.165) is 12.3 Å². The van der Waals surface area contributed by atoms with Crippen molar-refractivity contribution in [2.75, 3.05) is 0 Å². The van der Waals surface area contributed by atoms with Gasteiger partial charge in [0, 0.05) is 0 Å². The van der Waals surface area contributed by atoms with E-state index in [2.05, 4.69) is 13.8 Å². The lowest BCUT2D eigenvalue weighted by Gasteiger charge is -2.02. The molecule has 0 saturated carbocycles. The Morgan fingerprint density at radius 1 is 1.25 bits per heavy atom. The van der Waals surface area contributed by atoms with Crippen LogP contribution in [0.15, 0.2) is 12.2 Å². The van der Waals surface area contributed by atoms with Crippen LogP contribution in [0.5, 0.6) is 0 Å². The summed E-state index contributed by atoms with van der Waals surface area (Å²) >= 11 is 0. The molecule has 1 heteroatoms. The Kier molecular flexibility index (Phi) is 8.09. The summed E-state index contributed by atoms with van der Waals surface area (Å²) in [5.41, 5.74) is 0. The molecule has 0 unspecified atom stereocenters. The maximum absolute atomic E-state index is 9.77. The van der Waals surface area contributed by atoms with Gasteiger partial charge in [-0.2, -0.15) is 0 Å². The first-order valence-corrected chi connectivity index (χ1v) is 4.80. The second kappa shape index (κ2) is 8.51. The molecule has 0 aromatic heterocycles. The van der Waals surface area contributed by atoms with Gasteiger partial charge < -0.3 is 0 Å². The Morgan fingerprint density at radius 3 is 2.58 bits per heavy atom. The van der Waals surface area contributed by atoms with Gasteiger partial charge in [0.1, 0.15) is 0 Å². The Bertz CT molecular complexity index is 125. The van der Waals surface area contributed by atoms with Gasteiger partial charge in [-0.05, 0) is 24.8 Å². The van der Waals surface area contributed by atoms with Gasteiger partial charge in [0.2, 0.25) is 6.29 Å². The summed E-state index contributed by atoms with van der Waals surface area (Å²) in [5, 5.41) is 0. The van der Waals surface area contributed by atoms with E-state index in [1.165, 1.54) is 31.8 Å². The molecule has 0 saturated heterocycles. The number of hydrogen-bond donors (Lipinski definition) is 0. The summed E-state index contributed by atoms with van der Waals surface area (Å²) in [4.78, 5) is 9.77. The maximum Gasteiger partial charge on any atom is 0.225 e. The third kappa shape index (κ3) is 9.41. The molecule has 0 aliphatic rings. The molecular formula is C11H19O. The minimum Gasteiger partial charge on any atom is -0.286 e. The number of hydrogen-bond acceptors (Lipinski definition) is 1. The van der Waals surface area contributed by atoms with Crippen LogP contribution in [-0.2, 0) is 4.79 Å². The van der Waals surface area contributed by atoms with Crippen molar-refractivity contribution < 1.29 is 4.79 Å². The molecule has 0 aliphatic carbocycles. The summed E-state index contributed by atoms with van der Waals surface area (Å²) in [5.74, 6) is 0.823. The van der Waals surface area contributed by atoms with Crippen LogP contribution in [0.4, 0.5) is 0 Å². The minimum atomic E-state index is 0.823. The molecule has 69 valence electrons. The molecule has 0 aliphatic heterocycles. The molecule has 0 amide bonds. The molecule has 12 heavy (non-hydrogen) atoms. The summed E-state index contributed by atoms with van der Waals surface area (Å²) < 4.78 is 0. The van der Waals surface area contributed by atoms with Gasteiger partial charge in [-0.25, -0.2) is 0 Å². The molecule has 0 rings (SSSR count). The highest BCUT2D eigenvalue weighted by Crippen LogP contribution is 2.09. The zero-order valence-corrected chi connectivity index (χ0v) is 8.18. The molecule has 0 fully saturated rings. The van der Waals surface area contributed by atoms with Crippen LogP contribution < -0.4 is 0 Å². The molecule has 0 aromatic rings. The van der Waals surface area contributed by atoms with Crippen molar-refractivity contribution in [2.24, 2.45) is 5.92 Å². The van der Waals surface area contributed by atoms with E-state index in [-0.39, 0.29) is 0 Å². The first-order chi connectivity index (χ1) is 5.77. The normalized spacial score (nSPS) is 11.2. The Morgan fingerprint density at radius 2 is 2.00 bits per heavy atom. The van der Waals surface area contributed by atoms with Crippen LogP contribution in [0.2, 0.25) is 0 Å². The van der Waals surface area contributed by atoms with Gasteiger partial charge in [0.25, 0.3) is 0 Å². The monoisotopic (exact) mass is 167 g/mol. The fraction of sp³-hybridized carbons (Fsp3) is 0.727. The molecular weight excluding hydrogens is 148 g/mol. The highest BCUT2D eigenvalue weighted by atomic mass is 16.1. The lowest BCUT2D eigenvalue weighted by atomic mass is 10.0. The third-order valence-electron chi connectivity index (χ3n) is 1.84. The van der Waals surface area contributed by atoms with Crippen LogP contribution in [-0.4, -0.2) is 6.29 Å². The highest BCUT2D eigenvalue weighted by Gasteiger charge is 1.92. The van der Waals surface area contributed by atoms with Crippen LogP contribution in [0.1, 0.15) is 46.0 Å². The highest BCUT2D eigenvalue weighted by molar-refractivity contribution is 5.65. The zero-order valence-electron chi connectivity index (χ0n) is 8.18. The van der Waals surface area contributed by atoms with Gasteiger partial charge in [0.05, 0.1) is 0 Å². The molecule has 0 heterocycles. The summed E-state index contributed by atoms with van der Waals surface area (Å²) in [6.07, 6.45) is 11.2. The average molecular weight is 167 g/mol. The first-order valence-electron chi connectivity index (χ1n) is 4.80. The summed E-state index contributed by atoms with van der Waals surface area (Å²) in [6, 6.07) is 0. The van der Waals surface area contributed by atoms with Crippen molar-refractivity contribution in [3.8, 4) is 0 Å². The van der Waals surface area contributed by atoms with E-state index in [1.807, 2.05) is 6.08 Å². The number of carbonyl (C=O) groups excluding carboxylic acids is 1. The number of unbranched alkanes of at least 4 members (excludes halogenated alkanes) is 3. The second-order valence-electron chi connectivity index (χ2n) is 3.55. The fourth-order valence-corrected chi connectivity index (χ4v) is 1.12. The van der Waals surface area contributed by atoms with E-state index in [9.17, 15) is 4.79 Å². The van der Waals surface area contributed by atoms with Crippen molar-refractivity contribution in [3.05, 3.63) is 12.2 Å². The minimum absolute atomic E-state index is 0.823. The van der Waals surface area contributed by atoms with E-state index < -0.39 is 0 Å². The second-order valence-corrected chi connectivity index (χ2v) is 3.55. The van der Waals surface area contributed by atoms with Crippen LogP contribution >= 0.6 is 0 Å². The third-order valence-corrected chi connectivity index (χ3v) is 1.84. The smallest absolute Gasteiger partial charge is 0.225 e. The standard InChI is InChI=1S/C11H19O/c1-11(2)9-7-5-3-4-6-8-10-12/h6,8,11H,3-5,7,9H2,1-2H3/b8-6+. The van der Waals surface area contributed by atoms with Crippen molar-refractivity contribution >= 4 is 6.29 Å². The predicted molar refractivity (Wildman–Crippen MR) is 52.8 cm³/mol. The Labute approximate surface area is 75.9 Å². The topological polar surface area (TPSA) is 17.1 Å². The largest absolute Gasteiger partial charge is 0.286 e. The Balaban J connectivity index is 3.00. The molecule has 0 atom stereocenters. The first kappa shape index (κ1) is 11.4. The van der Waals surface area contributed by atoms with E-state index in [1.54, 1.807) is 6.29 Å². The van der Waals surface area contributed by atoms with E-state index in [0.29, 0.717) is 0 Å². The maximum atomic E-state index is 9.77. The lowest BCUT2D eigenvalue weighted by molar-refractivity contribution is 0.528. The molecule has 0 aromatic carbocycles. The molecule has 1 radical (unpaired) electrons. The van der Waals surface area contributed by atoms with Crippen LogP contribution in [0, 0.1) is 5.92 Å². The van der Waals surface area contributed by atoms with Crippen LogP contribution in [0.3, 0.4) is 0 Å². The van der Waals surface area contributed by atoms with Crippen molar-refractivity contribution in [2.45, 2.75) is 46.0 Å². The van der Waals surface area contributed by atoms with E-state index >= 15 is 0 Å². The Hall–Kier alpha value is -0.590. The molecule has 0 bridgehead atoms. The number of rotatable bonds is 7. The van der Waals surface area contributed by atoms with Crippen LogP contribution in [0.25, 0.3) is 0 Å². The van der Waals surface area contributed by atoms with Gasteiger partial charge in [-0.15, -0.1) is 0 Å². The molecule has 1 nitrogen and oxygen atoms in total. The van der Waals surface area contributed by atoms with E-state index in [4.69, 9.17) is 0 Å². The van der Waals surface area contributed by atoms with Gasteiger partial charge >= 0.3 is 0 Å². The van der Waals surface area contributed by atoms with Crippen molar-refractivity contribution in [3.63, 3.8) is 0 Å². The van der Waals surface area contributed by atoms with Gasteiger partial charge in [0.15, 0.2) is 0 Å². The molecule has 0 N–H and O–H groups in total.